The molecule has 208 valence electrons. The third kappa shape index (κ3) is 4.89. The van der Waals surface area contributed by atoms with E-state index in [2.05, 4.69) is 4.90 Å². The Labute approximate surface area is 227 Å². The number of benzene rings is 2. The van der Waals surface area contributed by atoms with Crippen LogP contribution >= 0.6 is 11.6 Å². The van der Waals surface area contributed by atoms with Crippen LogP contribution in [0.4, 0.5) is 13.2 Å². The molecule has 0 saturated carbocycles. The molecule has 5 rings (SSSR count). The third-order valence-corrected chi connectivity index (χ3v) is 7.91. The predicted octanol–water partition coefficient (Wildman–Crippen LogP) is 4.32. The molecule has 2 aromatic rings. The first-order valence-corrected chi connectivity index (χ1v) is 12.5. The van der Waals surface area contributed by atoms with Crippen molar-refractivity contribution in [3.8, 4) is 11.1 Å². The molecule has 3 fully saturated rings. The third-order valence-electron chi connectivity index (χ3n) is 7.67. The Kier molecular flexibility index (Phi) is 7.77. The maximum Gasteiger partial charge on any atom is 0.490 e. The van der Waals surface area contributed by atoms with E-state index in [4.69, 9.17) is 26.2 Å². The molecular weight excluding hydrogens is 541 g/mol. The number of likely N-dealkylation sites (tertiary alicyclic amines) is 1. The summed E-state index contributed by atoms with van der Waals surface area (Å²) in [4.78, 5) is 51.7. The Bertz CT molecular complexity index is 1300. The highest BCUT2D eigenvalue weighted by atomic mass is 35.5. The lowest BCUT2D eigenvalue weighted by molar-refractivity contribution is -0.192. The number of imide groups is 1. The lowest BCUT2D eigenvalue weighted by Crippen LogP contribution is -2.59. The van der Waals surface area contributed by atoms with E-state index in [9.17, 15) is 27.6 Å². The van der Waals surface area contributed by atoms with Crippen LogP contribution in [0.2, 0.25) is 5.02 Å². The predicted molar refractivity (Wildman–Crippen MR) is 133 cm³/mol. The van der Waals surface area contributed by atoms with Gasteiger partial charge < -0.3 is 9.84 Å². The average Bonchev–Trinajstić information content (AvgIpc) is 3.34. The van der Waals surface area contributed by atoms with Crippen molar-refractivity contribution in [1.82, 2.24) is 9.80 Å². The van der Waals surface area contributed by atoms with E-state index in [1.54, 1.807) is 0 Å². The number of hydrogen-bond donors (Lipinski definition) is 1. The number of aliphatic carboxylic acids is 1. The molecular formula is C27H26ClF3N2O6. The van der Waals surface area contributed by atoms with Crippen LogP contribution in [-0.4, -0.2) is 71.1 Å². The van der Waals surface area contributed by atoms with Gasteiger partial charge in [0.1, 0.15) is 5.54 Å². The Morgan fingerprint density at radius 1 is 1.05 bits per heavy atom. The summed E-state index contributed by atoms with van der Waals surface area (Å²) >= 11 is 6.14. The Balaban J connectivity index is 0.000000448. The minimum atomic E-state index is -5.08. The molecule has 3 aliphatic heterocycles. The second-order valence-electron chi connectivity index (χ2n) is 9.69. The first-order chi connectivity index (χ1) is 18.3. The van der Waals surface area contributed by atoms with Gasteiger partial charge in [0.15, 0.2) is 0 Å². The van der Waals surface area contributed by atoms with Crippen LogP contribution in [0.25, 0.3) is 11.1 Å². The van der Waals surface area contributed by atoms with E-state index in [-0.39, 0.29) is 17.9 Å². The van der Waals surface area contributed by atoms with Crippen LogP contribution in [0, 0.1) is 11.8 Å². The Morgan fingerprint density at radius 2 is 1.69 bits per heavy atom. The van der Waals surface area contributed by atoms with Crippen LogP contribution in [0.5, 0.6) is 0 Å². The van der Waals surface area contributed by atoms with Gasteiger partial charge in [-0.1, -0.05) is 48.0 Å². The normalized spacial score (nSPS) is 26.4. The van der Waals surface area contributed by atoms with Gasteiger partial charge in [0.2, 0.25) is 11.8 Å². The van der Waals surface area contributed by atoms with E-state index in [1.807, 2.05) is 48.5 Å². The number of carbonyl (C=O) groups excluding carboxylic acids is 3. The van der Waals surface area contributed by atoms with Gasteiger partial charge in [-0.3, -0.25) is 24.2 Å². The minimum Gasteiger partial charge on any atom is -0.475 e. The molecule has 0 unspecified atom stereocenters. The van der Waals surface area contributed by atoms with E-state index in [0.29, 0.717) is 18.0 Å². The highest BCUT2D eigenvalue weighted by Crippen LogP contribution is 2.58. The summed E-state index contributed by atoms with van der Waals surface area (Å²) in [5.41, 5.74) is 1.84. The van der Waals surface area contributed by atoms with Crippen molar-refractivity contribution in [2.75, 3.05) is 20.7 Å². The summed E-state index contributed by atoms with van der Waals surface area (Å²) < 4.78 is 37.0. The molecule has 4 atom stereocenters. The molecule has 0 radical (unpaired) electrons. The molecule has 3 heterocycles. The molecule has 1 N–H and O–H groups in total. The molecule has 3 saturated heterocycles. The molecule has 0 aliphatic carbocycles. The Morgan fingerprint density at radius 3 is 2.26 bits per heavy atom. The van der Waals surface area contributed by atoms with Crippen molar-refractivity contribution in [1.29, 1.82) is 0 Å². The molecule has 2 amide bonds. The van der Waals surface area contributed by atoms with Crippen molar-refractivity contribution in [2.24, 2.45) is 11.8 Å². The fourth-order valence-corrected chi connectivity index (χ4v) is 6.23. The zero-order valence-corrected chi connectivity index (χ0v) is 21.8. The number of halogens is 4. The number of piperidine rings is 1. The van der Waals surface area contributed by atoms with E-state index in [1.165, 1.54) is 19.1 Å². The number of alkyl halides is 3. The number of fused-ring (bicyclic) bond motifs is 3. The number of esters is 1. The topological polar surface area (TPSA) is 104 Å². The second-order valence-corrected chi connectivity index (χ2v) is 10.1. The van der Waals surface area contributed by atoms with Gasteiger partial charge in [-0.25, -0.2) is 4.79 Å². The number of carboxylic acid groups (broad SMARTS) is 1. The van der Waals surface area contributed by atoms with Gasteiger partial charge in [-0.15, -0.1) is 0 Å². The van der Waals surface area contributed by atoms with E-state index < -0.39 is 35.5 Å². The van der Waals surface area contributed by atoms with Crippen LogP contribution in [-0.2, 0) is 23.9 Å². The summed E-state index contributed by atoms with van der Waals surface area (Å²) in [6, 6.07) is 15.3. The fourth-order valence-electron chi connectivity index (χ4n) is 6.04. The number of methoxy groups -OCH3 is 1. The van der Waals surface area contributed by atoms with Gasteiger partial charge in [0.25, 0.3) is 0 Å². The molecule has 0 aromatic heterocycles. The van der Waals surface area contributed by atoms with Crippen molar-refractivity contribution in [3.05, 3.63) is 59.1 Å². The number of nitrogens with zero attached hydrogens (tertiary/aromatic N) is 2. The monoisotopic (exact) mass is 566 g/mol. The van der Waals surface area contributed by atoms with Crippen molar-refractivity contribution < 1.29 is 42.2 Å². The van der Waals surface area contributed by atoms with Crippen molar-refractivity contribution in [3.63, 3.8) is 0 Å². The van der Waals surface area contributed by atoms with E-state index >= 15 is 0 Å². The van der Waals surface area contributed by atoms with Crippen LogP contribution in [0.1, 0.15) is 30.9 Å². The summed E-state index contributed by atoms with van der Waals surface area (Å²) in [5, 5.41) is 7.79. The van der Waals surface area contributed by atoms with E-state index in [0.717, 1.165) is 29.5 Å². The molecule has 3 aliphatic rings. The van der Waals surface area contributed by atoms with Gasteiger partial charge in [-0.05, 0) is 54.6 Å². The second kappa shape index (κ2) is 10.6. The molecule has 2 aromatic carbocycles. The molecule has 8 nitrogen and oxygen atoms in total. The maximum atomic E-state index is 13.2. The van der Waals surface area contributed by atoms with Crippen LogP contribution in [0.3, 0.4) is 0 Å². The van der Waals surface area contributed by atoms with Gasteiger partial charge in [0.05, 0.1) is 18.9 Å². The first kappa shape index (κ1) is 28.6. The summed E-state index contributed by atoms with van der Waals surface area (Å²) in [6.45, 7) is 0.646. The van der Waals surface area contributed by atoms with Gasteiger partial charge in [0, 0.05) is 18.1 Å². The zero-order chi connectivity index (χ0) is 28.7. The van der Waals surface area contributed by atoms with Crippen molar-refractivity contribution in [2.45, 2.75) is 37.0 Å². The van der Waals surface area contributed by atoms with Crippen LogP contribution in [0.15, 0.2) is 48.5 Å². The quantitative estimate of drug-likeness (QED) is 0.436. The highest BCUT2D eigenvalue weighted by Gasteiger charge is 2.72. The highest BCUT2D eigenvalue weighted by molar-refractivity contribution is 6.30. The number of hydrogen-bond acceptors (Lipinski definition) is 6. The molecule has 0 bridgehead atoms. The summed E-state index contributed by atoms with van der Waals surface area (Å²) in [6.07, 6.45) is -2.83. The molecule has 39 heavy (non-hydrogen) atoms. The molecule has 12 heteroatoms. The number of ether oxygens (including phenoxy) is 1. The lowest BCUT2D eigenvalue weighted by Gasteiger charge is -2.44. The smallest absolute Gasteiger partial charge is 0.475 e. The Hall–Kier alpha value is -3.44. The number of carbonyl (C=O) groups is 4. The average molecular weight is 567 g/mol. The largest absolute Gasteiger partial charge is 0.490 e. The zero-order valence-electron chi connectivity index (χ0n) is 21.1. The number of rotatable bonds is 3. The maximum absolute atomic E-state index is 13.2. The van der Waals surface area contributed by atoms with Crippen molar-refractivity contribution >= 4 is 35.4 Å². The van der Waals surface area contributed by atoms with Gasteiger partial charge >= 0.3 is 18.1 Å². The summed E-state index contributed by atoms with van der Waals surface area (Å²) in [5.74, 6) is -4.99. The summed E-state index contributed by atoms with van der Waals surface area (Å²) in [7, 11) is 2.87. The van der Waals surface area contributed by atoms with Gasteiger partial charge in [-0.2, -0.15) is 13.2 Å². The number of amides is 2. The first-order valence-electron chi connectivity index (χ1n) is 12.2. The SMILES string of the molecule is COC(=O)[C@@]12CCCCN1[C@H](c1ccc(-c3cccc(Cl)c3)cc1)[C@@H]1C(=O)N(C)C(=O)[C@@H]12.O=C(O)C(F)(F)F. The number of carboxylic acids is 1. The lowest BCUT2D eigenvalue weighted by atomic mass is 9.75. The minimum absolute atomic E-state index is 0.221. The van der Waals surface area contributed by atoms with Crippen LogP contribution < -0.4 is 0 Å². The fraction of sp³-hybridized carbons (Fsp3) is 0.407. The molecule has 0 spiro atoms. The standard InChI is InChI=1S/C25H25ClN2O4.C2HF3O2/c1-27-22(29)19-20(23(27)30)25(24(31)32-2)12-3-4-13-28(25)21(19)16-10-8-15(9-11-16)17-6-5-7-18(26)14-17;3-2(4,5)1(6)7/h5-11,14,19-21H,3-4,12-13H2,1-2H3;(H,6,7)/t19-,20-,21-,25+;/m1./s1.